The lowest BCUT2D eigenvalue weighted by molar-refractivity contribution is -0.123. The van der Waals surface area contributed by atoms with Crippen molar-refractivity contribution in [2.24, 2.45) is 0 Å². The van der Waals surface area contributed by atoms with Crippen LogP contribution in [0.25, 0.3) is 11.0 Å². The number of hydrogen-bond acceptors (Lipinski definition) is 4. The largest absolute Gasteiger partial charge is 0.493 e. The Morgan fingerprint density at radius 1 is 1.00 bits per heavy atom. The zero-order valence-electron chi connectivity index (χ0n) is 21.4. The number of fused-ring (bicyclic) bond motifs is 1. The number of imidazole rings is 1. The van der Waals surface area contributed by atoms with E-state index in [1.54, 1.807) is 14.2 Å². The second-order valence-electron chi connectivity index (χ2n) is 9.04. The second-order valence-corrected chi connectivity index (χ2v) is 9.47. The Kier molecular flexibility index (Phi) is 7.85. The van der Waals surface area contributed by atoms with Crippen LogP contribution in [0.15, 0.2) is 54.6 Å². The van der Waals surface area contributed by atoms with Crippen LogP contribution in [-0.4, -0.2) is 36.2 Å². The predicted octanol–water partition coefficient (Wildman–Crippen LogP) is 5.83. The smallest absolute Gasteiger partial charge is 0.242 e. The number of ether oxygens (including phenoxy) is 2. The first-order valence-corrected chi connectivity index (χ1v) is 12.4. The molecular weight excluding hydrogens is 474 g/mol. The summed E-state index contributed by atoms with van der Waals surface area (Å²) < 4.78 is 12.7. The Hall–Kier alpha value is -3.51. The number of hydrogen-bond donors (Lipinski definition) is 1. The molecule has 36 heavy (non-hydrogen) atoms. The van der Waals surface area contributed by atoms with Crippen LogP contribution < -0.4 is 14.8 Å². The van der Waals surface area contributed by atoms with Gasteiger partial charge in [-0.05, 0) is 85.8 Å². The van der Waals surface area contributed by atoms with Crippen molar-refractivity contribution in [1.29, 1.82) is 0 Å². The monoisotopic (exact) mass is 505 g/mol. The molecule has 0 aliphatic rings. The first-order valence-electron chi connectivity index (χ1n) is 12.0. The fourth-order valence-electron chi connectivity index (χ4n) is 4.42. The maximum Gasteiger partial charge on any atom is 0.242 e. The maximum atomic E-state index is 13.3. The number of nitrogens with zero attached hydrogens (tertiary/aromatic N) is 2. The van der Waals surface area contributed by atoms with Crippen molar-refractivity contribution in [2.75, 3.05) is 20.8 Å². The summed E-state index contributed by atoms with van der Waals surface area (Å²) in [6.45, 7) is 6.59. The van der Waals surface area contributed by atoms with Crippen LogP contribution in [0.4, 0.5) is 0 Å². The van der Waals surface area contributed by atoms with E-state index in [2.05, 4.69) is 35.9 Å². The minimum Gasteiger partial charge on any atom is -0.493 e. The number of rotatable bonds is 9. The highest BCUT2D eigenvalue weighted by Crippen LogP contribution is 2.28. The van der Waals surface area contributed by atoms with Crippen molar-refractivity contribution < 1.29 is 14.3 Å². The van der Waals surface area contributed by atoms with E-state index in [0.29, 0.717) is 35.9 Å². The summed E-state index contributed by atoms with van der Waals surface area (Å²) in [7, 11) is 3.23. The van der Waals surface area contributed by atoms with Gasteiger partial charge in [0.05, 0.1) is 25.3 Å². The molecule has 0 radical (unpaired) electrons. The Morgan fingerprint density at radius 3 is 2.47 bits per heavy atom. The van der Waals surface area contributed by atoms with Gasteiger partial charge in [-0.15, -0.1) is 0 Å². The molecule has 1 unspecified atom stereocenters. The minimum absolute atomic E-state index is 0.0552. The third kappa shape index (κ3) is 5.49. The van der Waals surface area contributed by atoms with Gasteiger partial charge in [-0.3, -0.25) is 4.79 Å². The fourth-order valence-corrected chi connectivity index (χ4v) is 4.63. The Labute approximate surface area is 217 Å². The third-order valence-corrected chi connectivity index (χ3v) is 6.79. The maximum absolute atomic E-state index is 13.3. The van der Waals surface area contributed by atoms with E-state index in [0.717, 1.165) is 28.0 Å². The number of carbonyl (C=O) groups excluding carboxylic acids is 1. The second kappa shape index (κ2) is 11.0. The van der Waals surface area contributed by atoms with Crippen LogP contribution in [0.3, 0.4) is 0 Å². The molecule has 4 rings (SSSR count). The number of carbonyl (C=O) groups is 1. The number of aromatic nitrogens is 2. The van der Waals surface area contributed by atoms with Crippen LogP contribution >= 0.6 is 11.6 Å². The lowest BCUT2D eigenvalue weighted by atomic mass is 10.1. The molecule has 188 valence electrons. The molecule has 0 aliphatic carbocycles. The Balaban J connectivity index is 1.56. The number of methoxy groups -OCH3 is 2. The SMILES string of the molecule is COc1ccc(CCNC(=O)C(C)n2c(Cc3cccc(Cl)c3)nc3cc(C)c(C)cc32)cc1OC. The van der Waals surface area contributed by atoms with Crippen molar-refractivity contribution in [1.82, 2.24) is 14.9 Å². The first kappa shape index (κ1) is 25.6. The Morgan fingerprint density at radius 2 is 1.75 bits per heavy atom. The zero-order chi connectivity index (χ0) is 25.8. The van der Waals surface area contributed by atoms with Crippen LogP contribution in [0, 0.1) is 13.8 Å². The molecule has 0 bridgehead atoms. The van der Waals surface area contributed by atoms with E-state index in [9.17, 15) is 4.79 Å². The first-order chi connectivity index (χ1) is 17.3. The van der Waals surface area contributed by atoms with Gasteiger partial charge in [-0.2, -0.15) is 0 Å². The summed E-state index contributed by atoms with van der Waals surface area (Å²) in [5.74, 6) is 2.14. The molecular formula is C29H32ClN3O3. The van der Waals surface area contributed by atoms with Gasteiger partial charge in [-0.25, -0.2) is 4.98 Å². The number of benzene rings is 3. The third-order valence-electron chi connectivity index (χ3n) is 6.56. The van der Waals surface area contributed by atoms with Crippen molar-refractivity contribution in [3.63, 3.8) is 0 Å². The lowest BCUT2D eigenvalue weighted by Crippen LogP contribution is -2.33. The molecule has 4 aromatic rings. The van der Waals surface area contributed by atoms with E-state index in [-0.39, 0.29) is 5.91 Å². The minimum atomic E-state index is -0.434. The molecule has 0 fully saturated rings. The highest BCUT2D eigenvalue weighted by Gasteiger charge is 2.22. The molecule has 0 saturated carbocycles. The predicted molar refractivity (Wildman–Crippen MR) is 144 cm³/mol. The molecule has 1 N–H and O–H groups in total. The summed E-state index contributed by atoms with van der Waals surface area (Å²) in [6.07, 6.45) is 1.26. The van der Waals surface area contributed by atoms with E-state index in [1.807, 2.05) is 49.4 Å². The van der Waals surface area contributed by atoms with Gasteiger partial charge in [0.2, 0.25) is 5.91 Å². The lowest BCUT2D eigenvalue weighted by Gasteiger charge is -2.18. The molecule has 6 nitrogen and oxygen atoms in total. The summed E-state index contributed by atoms with van der Waals surface area (Å²) in [5, 5.41) is 3.78. The topological polar surface area (TPSA) is 65.4 Å². The molecule has 3 aromatic carbocycles. The van der Waals surface area contributed by atoms with Gasteiger partial charge in [0, 0.05) is 18.0 Å². The summed E-state index contributed by atoms with van der Waals surface area (Å²) in [5.41, 5.74) is 6.29. The van der Waals surface area contributed by atoms with Gasteiger partial charge in [-0.1, -0.05) is 29.8 Å². The van der Waals surface area contributed by atoms with Crippen molar-refractivity contribution in [3.8, 4) is 11.5 Å². The van der Waals surface area contributed by atoms with Crippen LogP contribution in [0.5, 0.6) is 11.5 Å². The average Bonchev–Trinajstić information content (AvgIpc) is 3.19. The molecule has 0 spiro atoms. The number of halogens is 1. The number of aryl methyl sites for hydroxylation is 2. The van der Waals surface area contributed by atoms with Crippen LogP contribution in [0.2, 0.25) is 5.02 Å². The normalized spacial score (nSPS) is 11.9. The molecule has 1 heterocycles. The molecule has 1 amide bonds. The van der Waals surface area contributed by atoms with Crippen molar-refractivity contribution >= 4 is 28.5 Å². The summed E-state index contributed by atoms with van der Waals surface area (Å²) in [6, 6.07) is 17.3. The van der Waals surface area contributed by atoms with Crippen molar-refractivity contribution in [3.05, 3.63) is 87.7 Å². The van der Waals surface area contributed by atoms with E-state index in [4.69, 9.17) is 26.1 Å². The summed E-state index contributed by atoms with van der Waals surface area (Å²) in [4.78, 5) is 18.2. The zero-order valence-corrected chi connectivity index (χ0v) is 22.1. The Bertz CT molecular complexity index is 1400. The van der Waals surface area contributed by atoms with E-state index in [1.165, 1.54) is 11.1 Å². The molecule has 0 saturated heterocycles. The quantitative estimate of drug-likeness (QED) is 0.310. The van der Waals surface area contributed by atoms with Gasteiger partial charge in [0.15, 0.2) is 11.5 Å². The highest BCUT2D eigenvalue weighted by atomic mass is 35.5. The molecule has 1 atom stereocenters. The molecule has 0 aliphatic heterocycles. The molecule has 7 heteroatoms. The van der Waals surface area contributed by atoms with Gasteiger partial charge >= 0.3 is 0 Å². The van der Waals surface area contributed by atoms with Crippen LogP contribution in [0.1, 0.15) is 41.0 Å². The van der Waals surface area contributed by atoms with E-state index < -0.39 is 6.04 Å². The summed E-state index contributed by atoms with van der Waals surface area (Å²) >= 11 is 6.22. The van der Waals surface area contributed by atoms with Gasteiger partial charge in [0.25, 0.3) is 0 Å². The average molecular weight is 506 g/mol. The molecule has 1 aromatic heterocycles. The van der Waals surface area contributed by atoms with E-state index >= 15 is 0 Å². The van der Waals surface area contributed by atoms with Crippen LogP contribution in [-0.2, 0) is 17.6 Å². The highest BCUT2D eigenvalue weighted by molar-refractivity contribution is 6.30. The standard InChI is InChI=1S/C29H32ClN3O3/c1-18-13-24-25(14-19(18)2)33(28(32-24)17-22-7-6-8-23(30)15-22)20(3)29(34)31-12-11-21-9-10-26(35-4)27(16-21)36-5/h6-10,13-16,20H,11-12,17H2,1-5H3,(H,31,34). The number of nitrogens with one attached hydrogen (secondary N) is 1. The van der Waals surface area contributed by atoms with Gasteiger partial charge in [0.1, 0.15) is 11.9 Å². The van der Waals surface area contributed by atoms with Gasteiger partial charge < -0.3 is 19.4 Å². The fraction of sp³-hybridized carbons (Fsp3) is 0.310. The number of amides is 1. The van der Waals surface area contributed by atoms with Crippen molar-refractivity contribution in [2.45, 2.75) is 39.7 Å².